The molecular weight excluding hydrogens is 252 g/mol. The Bertz CT molecular complexity index is 524. The van der Waals surface area contributed by atoms with E-state index in [0.29, 0.717) is 0 Å². The second-order valence-corrected chi connectivity index (χ2v) is 5.59. The van der Waals surface area contributed by atoms with Crippen LogP contribution in [-0.4, -0.2) is 35.8 Å². The quantitative estimate of drug-likeness (QED) is 0.844. The summed E-state index contributed by atoms with van der Waals surface area (Å²) < 4.78 is 0. The van der Waals surface area contributed by atoms with Crippen molar-refractivity contribution in [1.29, 1.82) is 0 Å². The van der Waals surface area contributed by atoms with Gasteiger partial charge in [-0.3, -0.25) is 9.59 Å². The minimum atomic E-state index is -0.230. The Labute approximate surface area is 119 Å². The molecule has 0 aliphatic carbocycles. The largest absolute Gasteiger partial charge is 0.329 e. The van der Waals surface area contributed by atoms with Crippen LogP contribution in [0.2, 0.25) is 0 Å². The second-order valence-electron chi connectivity index (χ2n) is 5.59. The van der Waals surface area contributed by atoms with Crippen molar-refractivity contribution in [2.45, 2.75) is 38.6 Å². The number of carbonyl (C=O) groups is 2. The average Bonchev–Trinajstić information content (AvgIpc) is 2.94. The number of carbonyl (C=O) groups excluding carboxylic acids is 2. The van der Waals surface area contributed by atoms with E-state index in [-0.39, 0.29) is 24.4 Å². The Morgan fingerprint density at radius 3 is 2.65 bits per heavy atom. The average molecular weight is 272 g/mol. The van der Waals surface area contributed by atoms with Gasteiger partial charge in [-0.05, 0) is 37.0 Å². The number of hydrogen-bond acceptors (Lipinski definition) is 2. The van der Waals surface area contributed by atoms with Crippen LogP contribution in [0.4, 0.5) is 5.69 Å². The topological polar surface area (TPSA) is 40.6 Å². The molecule has 2 aliphatic rings. The molecule has 4 nitrogen and oxygen atoms in total. The van der Waals surface area contributed by atoms with E-state index in [1.807, 2.05) is 12.1 Å². The normalized spacial score (nSPS) is 22.4. The second kappa shape index (κ2) is 5.27. The summed E-state index contributed by atoms with van der Waals surface area (Å²) in [4.78, 5) is 28.0. The van der Waals surface area contributed by atoms with Gasteiger partial charge in [0.15, 0.2) is 0 Å². The van der Waals surface area contributed by atoms with Gasteiger partial charge < -0.3 is 9.80 Å². The molecule has 0 radical (unpaired) electrons. The summed E-state index contributed by atoms with van der Waals surface area (Å²) >= 11 is 0. The van der Waals surface area contributed by atoms with Gasteiger partial charge in [0.1, 0.15) is 12.6 Å². The van der Waals surface area contributed by atoms with Gasteiger partial charge in [-0.2, -0.15) is 0 Å². The van der Waals surface area contributed by atoms with Crippen LogP contribution in [0.5, 0.6) is 0 Å². The van der Waals surface area contributed by atoms with Gasteiger partial charge in [0.25, 0.3) is 0 Å². The van der Waals surface area contributed by atoms with E-state index in [0.717, 1.165) is 37.9 Å². The lowest BCUT2D eigenvalue weighted by Gasteiger charge is -2.36. The third-order valence-corrected chi connectivity index (χ3v) is 4.20. The molecule has 106 valence electrons. The van der Waals surface area contributed by atoms with Crippen molar-refractivity contribution >= 4 is 17.5 Å². The lowest BCUT2D eigenvalue weighted by atomic mass is 10.1. The predicted octanol–water partition coefficient (Wildman–Crippen LogP) is 1.98. The van der Waals surface area contributed by atoms with E-state index in [1.165, 1.54) is 5.56 Å². The van der Waals surface area contributed by atoms with Crippen LogP contribution in [0.15, 0.2) is 24.3 Å². The summed E-state index contributed by atoms with van der Waals surface area (Å²) in [5, 5.41) is 0. The maximum Gasteiger partial charge on any atom is 0.250 e. The van der Waals surface area contributed by atoms with Crippen molar-refractivity contribution in [3.63, 3.8) is 0 Å². The number of fused-ring (bicyclic) bond motifs is 1. The lowest BCUT2D eigenvalue weighted by molar-refractivity contribution is -0.140. The van der Waals surface area contributed by atoms with E-state index in [1.54, 1.807) is 9.80 Å². The van der Waals surface area contributed by atoms with Gasteiger partial charge in [-0.1, -0.05) is 25.5 Å². The van der Waals surface area contributed by atoms with Crippen LogP contribution < -0.4 is 4.90 Å². The summed E-state index contributed by atoms with van der Waals surface area (Å²) in [7, 11) is 0. The van der Waals surface area contributed by atoms with E-state index in [4.69, 9.17) is 0 Å². The fourth-order valence-corrected chi connectivity index (χ4v) is 3.16. The molecule has 0 aromatic heterocycles. The minimum Gasteiger partial charge on any atom is -0.329 e. The first-order chi connectivity index (χ1) is 9.70. The van der Waals surface area contributed by atoms with Crippen LogP contribution >= 0.6 is 0 Å². The van der Waals surface area contributed by atoms with Gasteiger partial charge in [0.05, 0.1) is 0 Å². The number of piperazine rings is 1. The minimum absolute atomic E-state index is 0.0738. The SMILES string of the molecule is CCCc1ccc(N2CC(=O)N3CCCC3C2=O)cc1. The molecule has 1 atom stereocenters. The van der Waals surface area contributed by atoms with Crippen molar-refractivity contribution in [3.05, 3.63) is 29.8 Å². The molecule has 20 heavy (non-hydrogen) atoms. The van der Waals surface area contributed by atoms with Crippen LogP contribution in [0.1, 0.15) is 31.7 Å². The van der Waals surface area contributed by atoms with E-state index >= 15 is 0 Å². The molecule has 0 N–H and O–H groups in total. The van der Waals surface area contributed by atoms with Crippen molar-refractivity contribution in [2.75, 3.05) is 18.0 Å². The van der Waals surface area contributed by atoms with Crippen molar-refractivity contribution < 1.29 is 9.59 Å². The highest BCUT2D eigenvalue weighted by molar-refractivity contribution is 6.06. The third kappa shape index (κ3) is 2.19. The predicted molar refractivity (Wildman–Crippen MR) is 77.5 cm³/mol. The Balaban J connectivity index is 1.82. The van der Waals surface area contributed by atoms with E-state index in [2.05, 4.69) is 19.1 Å². The maximum atomic E-state index is 12.5. The van der Waals surface area contributed by atoms with Crippen LogP contribution in [-0.2, 0) is 16.0 Å². The molecule has 2 amide bonds. The Kier molecular flexibility index (Phi) is 3.47. The zero-order valence-corrected chi connectivity index (χ0v) is 11.8. The summed E-state index contributed by atoms with van der Waals surface area (Å²) in [6.07, 6.45) is 3.89. The standard InChI is InChI=1S/C16H20N2O2/c1-2-4-12-6-8-13(9-7-12)18-11-15(19)17-10-3-5-14(17)16(18)20/h6-9,14H,2-5,10-11H2,1H3. The Morgan fingerprint density at radius 1 is 1.20 bits per heavy atom. The molecular formula is C16H20N2O2. The van der Waals surface area contributed by atoms with Crippen molar-refractivity contribution in [1.82, 2.24) is 4.90 Å². The number of rotatable bonds is 3. The van der Waals surface area contributed by atoms with Crippen LogP contribution in [0.25, 0.3) is 0 Å². The fraction of sp³-hybridized carbons (Fsp3) is 0.500. The summed E-state index contributed by atoms with van der Waals surface area (Å²) in [6.45, 7) is 3.07. The highest BCUT2D eigenvalue weighted by Crippen LogP contribution is 2.27. The molecule has 2 fully saturated rings. The van der Waals surface area contributed by atoms with E-state index in [9.17, 15) is 9.59 Å². The smallest absolute Gasteiger partial charge is 0.250 e. The Hall–Kier alpha value is -1.84. The van der Waals surface area contributed by atoms with Gasteiger partial charge in [0.2, 0.25) is 11.8 Å². The number of nitrogens with zero attached hydrogens (tertiary/aromatic N) is 2. The van der Waals surface area contributed by atoms with Gasteiger partial charge >= 0.3 is 0 Å². The molecule has 0 bridgehead atoms. The fourth-order valence-electron chi connectivity index (χ4n) is 3.16. The zero-order chi connectivity index (χ0) is 14.1. The van der Waals surface area contributed by atoms with Crippen LogP contribution in [0, 0.1) is 0 Å². The highest BCUT2D eigenvalue weighted by atomic mass is 16.2. The highest BCUT2D eigenvalue weighted by Gasteiger charge is 2.42. The molecule has 2 saturated heterocycles. The molecule has 3 rings (SSSR count). The number of anilines is 1. The molecule has 0 spiro atoms. The first kappa shape index (κ1) is 13.2. The summed E-state index contributed by atoms with van der Waals surface area (Å²) in [6, 6.07) is 7.79. The summed E-state index contributed by atoms with van der Waals surface area (Å²) in [5.74, 6) is 0.148. The van der Waals surface area contributed by atoms with E-state index < -0.39 is 0 Å². The third-order valence-electron chi connectivity index (χ3n) is 4.20. The maximum absolute atomic E-state index is 12.5. The molecule has 0 saturated carbocycles. The van der Waals surface area contributed by atoms with Gasteiger partial charge in [0, 0.05) is 12.2 Å². The zero-order valence-electron chi connectivity index (χ0n) is 11.8. The molecule has 1 aromatic carbocycles. The molecule has 1 aromatic rings. The van der Waals surface area contributed by atoms with Gasteiger partial charge in [-0.15, -0.1) is 0 Å². The summed E-state index contributed by atoms with van der Waals surface area (Å²) in [5.41, 5.74) is 2.12. The Morgan fingerprint density at radius 2 is 1.95 bits per heavy atom. The number of aryl methyl sites for hydroxylation is 1. The van der Waals surface area contributed by atoms with Crippen molar-refractivity contribution in [2.24, 2.45) is 0 Å². The molecule has 1 unspecified atom stereocenters. The first-order valence-electron chi connectivity index (χ1n) is 7.40. The van der Waals surface area contributed by atoms with Gasteiger partial charge in [-0.25, -0.2) is 0 Å². The molecule has 4 heteroatoms. The molecule has 2 aliphatic heterocycles. The van der Waals surface area contributed by atoms with Crippen LogP contribution in [0.3, 0.4) is 0 Å². The molecule has 2 heterocycles. The number of benzene rings is 1. The number of amides is 2. The number of hydrogen-bond donors (Lipinski definition) is 0. The van der Waals surface area contributed by atoms with Crippen molar-refractivity contribution in [3.8, 4) is 0 Å². The first-order valence-corrected chi connectivity index (χ1v) is 7.40. The monoisotopic (exact) mass is 272 g/mol. The lowest BCUT2D eigenvalue weighted by Crippen LogP contribution is -2.57.